The third-order valence-corrected chi connectivity index (χ3v) is 8.51. The Hall–Kier alpha value is -1.38. The molecular weight excluding hydrogens is 540 g/mol. The lowest BCUT2D eigenvalue weighted by Crippen LogP contribution is -2.52. The highest BCUT2D eigenvalue weighted by molar-refractivity contribution is 5.66. The summed E-state index contributed by atoms with van der Waals surface area (Å²) in [5.41, 5.74) is 9.87. The average Bonchev–Trinajstić information content (AvgIpc) is 2.98. The van der Waals surface area contributed by atoms with Gasteiger partial charge in [0.1, 0.15) is 0 Å². The van der Waals surface area contributed by atoms with E-state index >= 15 is 0 Å². The number of amides is 1. The first-order valence-electron chi connectivity index (χ1n) is 18.6. The number of hydrazine groups is 3. The number of aliphatic carboxylic acids is 1. The maximum atomic E-state index is 10.5. The first-order valence-corrected chi connectivity index (χ1v) is 18.6. The van der Waals surface area contributed by atoms with Crippen LogP contribution in [0.4, 0.5) is 4.79 Å². The second-order valence-electron chi connectivity index (χ2n) is 12.7. The monoisotopic (exact) mass is 613 g/mol. The van der Waals surface area contributed by atoms with Crippen LogP contribution >= 0.6 is 0 Å². The van der Waals surface area contributed by atoms with Crippen LogP contribution in [0, 0.1) is 0 Å². The van der Waals surface area contributed by atoms with Gasteiger partial charge in [0.25, 0.3) is 0 Å². The number of carboxylic acid groups (broad SMARTS) is 2. The molecule has 256 valence electrons. The molecular formula is C35H72N4O4. The molecule has 0 aromatic heterocycles. The van der Waals surface area contributed by atoms with Crippen LogP contribution in [0.3, 0.4) is 0 Å². The van der Waals surface area contributed by atoms with E-state index in [4.69, 9.17) is 10.2 Å². The van der Waals surface area contributed by atoms with E-state index in [0.29, 0.717) is 6.42 Å². The molecule has 1 amide bonds. The lowest BCUT2D eigenvalue weighted by atomic mass is 10.0. The summed E-state index contributed by atoms with van der Waals surface area (Å²) in [6.07, 6.45) is 41.1. The normalized spacial score (nSPS) is 11.3. The standard InChI is InChI=1S/C35H72N4O4/c40-34(41)32-30-28-26-24-22-20-18-16-14-12-10-8-6-4-2-1-3-5-7-9-11-13-15-17-19-21-23-25-27-29-31-33-36-38-39-37-35(42)43/h36-39H,1-33H2,(H,40,41)(H,42,43). The van der Waals surface area contributed by atoms with Crippen LogP contribution in [0.5, 0.6) is 0 Å². The highest BCUT2D eigenvalue weighted by Gasteiger charge is 1.99. The molecule has 0 atom stereocenters. The first-order chi connectivity index (χ1) is 21.1. The zero-order valence-electron chi connectivity index (χ0n) is 28.0. The van der Waals surface area contributed by atoms with Gasteiger partial charge in [-0.15, -0.1) is 0 Å². The number of hydrogen-bond donors (Lipinski definition) is 6. The molecule has 8 heteroatoms. The molecule has 0 bridgehead atoms. The van der Waals surface area contributed by atoms with Gasteiger partial charge in [0.15, 0.2) is 0 Å². The molecule has 43 heavy (non-hydrogen) atoms. The summed E-state index contributed by atoms with van der Waals surface area (Å²) in [5, 5.41) is 17.0. The van der Waals surface area contributed by atoms with E-state index < -0.39 is 12.1 Å². The van der Waals surface area contributed by atoms with Gasteiger partial charge in [-0.2, -0.15) is 11.1 Å². The summed E-state index contributed by atoms with van der Waals surface area (Å²) in [6, 6.07) is 0. The van der Waals surface area contributed by atoms with Crippen LogP contribution < -0.4 is 21.9 Å². The van der Waals surface area contributed by atoms with E-state index in [1.165, 1.54) is 180 Å². The van der Waals surface area contributed by atoms with Crippen molar-refractivity contribution in [3.05, 3.63) is 0 Å². The Kier molecular flexibility index (Phi) is 35.6. The quantitative estimate of drug-likeness (QED) is 0.0305. The van der Waals surface area contributed by atoms with Crippen LogP contribution in [0.25, 0.3) is 0 Å². The highest BCUT2D eigenvalue weighted by Crippen LogP contribution is 2.16. The zero-order valence-corrected chi connectivity index (χ0v) is 28.0. The summed E-state index contributed by atoms with van der Waals surface area (Å²) in [5.74, 6) is -0.656. The van der Waals surface area contributed by atoms with E-state index in [1.54, 1.807) is 0 Å². The fourth-order valence-electron chi connectivity index (χ4n) is 5.81. The third kappa shape index (κ3) is 40.6. The lowest BCUT2D eigenvalue weighted by Gasteiger charge is -2.07. The minimum absolute atomic E-state index is 0.337. The fraction of sp³-hybridized carbons (Fsp3) is 0.943. The van der Waals surface area contributed by atoms with E-state index in [0.717, 1.165) is 25.8 Å². The van der Waals surface area contributed by atoms with E-state index in [2.05, 4.69) is 16.5 Å². The van der Waals surface area contributed by atoms with Crippen molar-refractivity contribution >= 4 is 12.1 Å². The number of hydrogen-bond acceptors (Lipinski definition) is 5. The van der Waals surface area contributed by atoms with Crippen molar-refractivity contribution in [3.63, 3.8) is 0 Å². The molecule has 8 nitrogen and oxygen atoms in total. The summed E-state index contributed by atoms with van der Waals surface area (Å²) < 4.78 is 0. The molecule has 0 aliphatic rings. The second kappa shape index (κ2) is 36.8. The summed E-state index contributed by atoms with van der Waals surface area (Å²) in [7, 11) is 0. The minimum Gasteiger partial charge on any atom is -0.481 e. The van der Waals surface area contributed by atoms with Crippen LogP contribution in [-0.2, 0) is 4.79 Å². The van der Waals surface area contributed by atoms with Crippen molar-refractivity contribution in [2.45, 2.75) is 205 Å². The van der Waals surface area contributed by atoms with Crippen molar-refractivity contribution in [3.8, 4) is 0 Å². The predicted octanol–water partition coefficient (Wildman–Crippen LogP) is 10.3. The molecule has 0 unspecified atom stereocenters. The summed E-state index contributed by atoms with van der Waals surface area (Å²) >= 11 is 0. The lowest BCUT2D eigenvalue weighted by molar-refractivity contribution is -0.137. The van der Waals surface area contributed by atoms with Gasteiger partial charge in [0, 0.05) is 13.0 Å². The molecule has 6 N–H and O–H groups in total. The predicted molar refractivity (Wildman–Crippen MR) is 181 cm³/mol. The third-order valence-electron chi connectivity index (χ3n) is 8.51. The summed E-state index contributed by atoms with van der Waals surface area (Å²) in [6.45, 7) is 0.819. The maximum absolute atomic E-state index is 10.5. The molecule has 0 fully saturated rings. The Morgan fingerprint density at radius 2 is 0.605 bits per heavy atom. The first kappa shape index (κ1) is 41.6. The maximum Gasteiger partial charge on any atom is 0.420 e. The molecule has 0 spiro atoms. The molecule has 0 aliphatic heterocycles. The van der Waals surface area contributed by atoms with Gasteiger partial charge in [-0.3, -0.25) is 4.79 Å². The molecule has 0 rings (SSSR count). The topological polar surface area (TPSA) is 123 Å². The van der Waals surface area contributed by atoms with Crippen LogP contribution in [0.2, 0.25) is 0 Å². The van der Waals surface area contributed by atoms with Gasteiger partial charge in [0.05, 0.1) is 0 Å². The summed E-state index contributed by atoms with van der Waals surface area (Å²) in [4.78, 5) is 20.7. The van der Waals surface area contributed by atoms with Crippen LogP contribution in [0.1, 0.15) is 205 Å². The number of rotatable bonds is 37. The van der Waals surface area contributed by atoms with E-state index in [9.17, 15) is 9.59 Å². The van der Waals surface area contributed by atoms with E-state index in [-0.39, 0.29) is 0 Å². The van der Waals surface area contributed by atoms with Crippen LogP contribution in [-0.4, -0.2) is 28.8 Å². The van der Waals surface area contributed by atoms with Gasteiger partial charge in [-0.25, -0.2) is 15.6 Å². The number of unbranched alkanes of at least 4 members (excludes halogenated alkanes) is 30. The van der Waals surface area contributed by atoms with Gasteiger partial charge >= 0.3 is 12.1 Å². The molecule has 0 radical (unpaired) electrons. The second-order valence-corrected chi connectivity index (χ2v) is 12.7. The number of carboxylic acids is 1. The minimum atomic E-state index is -1.12. The van der Waals surface area contributed by atoms with Gasteiger partial charge in [-0.05, 0) is 12.8 Å². The Labute approximate surface area is 265 Å². The number of nitrogens with one attached hydrogen (secondary N) is 4. The average molecular weight is 613 g/mol. The molecule has 0 aromatic rings. The van der Waals surface area contributed by atoms with Crippen molar-refractivity contribution < 1.29 is 19.8 Å². The van der Waals surface area contributed by atoms with Gasteiger partial charge < -0.3 is 10.2 Å². The molecule has 0 aromatic carbocycles. The molecule has 0 saturated heterocycles. The molecule has 0 aliphatic carbocycles. The zero-order chi connectivity index (χ0) is 31.3. The smallest absolute Gasteiger partial charge is 0.420 e. The Morgan fingerprint density at radius 3 is 0.860 bits per heavy atom. The van der Waals surface area contributed by atoms with Crippen molar-refractivity contribution in [1.29, 1.82) is 0 Å². The van der Waals surface area contributed by atoms with E-state index in [1.807, 2.05) is 5.43 Å². The van der Waals surface area contributed by atoms with Crippen molar-refractivity contribution in [1.82, 2.24) is 21.9 Å². The fourth-order valence-corrected chi connectivity index (χ4v) is 5.81. The van der Waals surface area contributed by atoms with Gasteiger partial charge in [-0.1, -0.05) is 186 Å². The van der Waals surface area contributed by atoms with Gasteiger partial charge in [0.2, 0.25) is 0 Å². The molecule has 0 saturated carbocycles. The molecule has 0 heterocycles. The highest BCUT2D eigenvalue weighted by atomic mass is 16.4. The van der Waals surface area contributed by atoms with Crippen molar-refractivity contribution in [2.75, 3.05) is 6.54 Å². The SMILES string of the molecule is O=C(O)CCCCCCCCCCCCCCCCCCCCCCCCCCCCCCCCCNNNNC(=O)O. The Balaban J connectivity index is 3.04. The Bertz CT molecular complexity index is 532. The van der Waals surface area contributed by atoms with Crippen LogP contribution in [0.15, 0.2) is 0 Å². The number of carbonyl (C=O) groups is 2. The Morgan fingerprint density at radius 1 is 0.349 bits per heavy atom. The van der Waals surface area contributed by atoms with Crippen molar-refractivity contribution in [2.24, 2.45) is 0 Å². The largest absolute Gasteiger partial charge is 0.481 e.